The first-order valence-corrected chi connectivity index (χ1v) is 4.98. The number of nitrogens with zero attached hydrogens (tertiary/aromatic N) is 2. The molecule has 3 heteroatoms. The largest absolute Gasteiger partial charge is 0.384 e. The summed E-state index contributed by atoms with van der Waals surface area (Å²) in [6, 6.07) is 9.81. The topological polar surface area (TPSA) is 51.8 Å². The van der Waals surface area contributed by atoms with Crippen LogP contribution in [0, 0.1) is 0 Å². The van der Waals surface area contributed by atoms with E-state index in [0.29, 0.717) is 11.6 Å². The summed E-state index contributed by atoms with van der Waals surface area (Å²) in [5.41, 5.74) is 7.94. The lowest BCUT2D eigenvalue weighted by atomic mass is 10.0. The summed E-state index contributed by atoms with van der Waals surface area (Å²) in [5.74, 6) is 1.21. The molecule has 1 heterocycles. The molecule has 0 aliphatic heterocycles. The molecule has 0 bridgehead atoms. The van der Waals surface area contributed by atoms with E-state index in [2.05, 4.69) is 23.0 Å². The van der Waals surface area contributed by atoms with Gasteiger partial charge in [-0.1, -0.05) is 31.2 Å². The Kier molecular flexibility index (Phi) is 2.63. The van der Waals surface area contributed by atoms with E-state index in [0.717, 1.165) is 12.0 Å². The molecule has 2 rings (SSSR count). The molecule has 0 amide bonds. The van der Waals surface area contributed by atoms with Crippen LogP contribution in [0.25, 0.3) is 11.4 Å². The Labute approximate surface area is 89.0 Å². The molecule has 0 radical (unpaired) electrons. The van der Waals surface area contributed by atoms with Crippen LogP contribution in [-0.2, 0) is 6.42 Å². The monoisotopic (exact) mass is 199 g/mol. The molecular formula is C12H13N3. The van der Waals surface area contributed by atoms with Crippen molar-refractivity contribution in [2.75, 3.05) is 5.73 Å². The first kappa shape index (κ1) is 9.65. The molecular weight excluding hydrogens is 186 g/mol. The molecule has 3 nitrogen and oxygen atoms in total. The van der Waals surface area contributed by atoms with Gasteiger partial charge in [-0.3, -0.25) is 0 Å². The molecule has 76 valence electrons. The Morgan fingerprint density at radius 3 is 2.73 bits per heavy atom. The van der Waals surface area contributed by atoms with Crippen LogP contribution in [0.15, 0.2) is 36.5 Å². The number of benzene rings is 1. The first-order chi connectivity index (χ1) is 7.31. The van der Waals surface area contributed by atoms with Crippen molar-refractivity contribution in [2.45, 2.75) is 13.3 Å². The van der Waals surface area contributed by atoms with Crippen LogP contribution in [0.2, 0.25) is 0 Å². The molecule has 1 aromatic carbocycles. The summed E-state index contributed by atoms with van der Waals surface area (Å²) >= 11 is 0. The van der Waals surface area contributed by atoms with E-state index in [1.807, 2.05) is 18.2 Å². The Bertz CT molecular complexity index is 466. The van der Waals surface area contributed by atoms with Gasteiger partial charge in [0.1, 0.15) is 5.82 Å². The zero-order valence-corrected chi connectivity index (χ0v) is 8.64. The number of nitrogens with two attached hydrogens (primary N) is 1. The first-order valence-electron chi connectivity index (χ1n) is 4.98. The van der Waals surface area contributed by atoms with Crippen molar-refractivity contribution in [2.24, 2.45) is 0 Å². The predicted octanol–water partition coefficient (Wildman–Crippen LogP) is 2.29. The number of rotatable bonds is 2. The highest BCUT2D eigenvalue weighted by Crippen LogP contribution is 2.20. The third-order valence-electron chi connectivity index (χ3n) is 2.32. The molecule has 1 aromatic heterocycles. The SMILES string of the molecule is CCc1ccccc1-c1nccc(N)n1. The smallest absolute Gasteiger partial charge is 0.161 e. The maximum Gasteiger partial charge on any atom is 0.161 e. The number of aryl methyl sites for hydroxylation is 1. The molecule has 0 saturated heterocycles. The molecule has 0 aliphatic carbocycles. The normalized spacial score (nSPS) is 10.2. The molecule has 0 unspecified atom stereocenters. The van der Waals surface area contributed by atoms with Gasteiger partial charge in [-0.15, -0.1) is 0 Å². The highest BCUT2D eigenvalue weighted by molar-refractivity contribution is 5.61. The minimum Gasteiger partial charge on any atom is -0.384 e. The standard InChI is InChI=1S/C12H13N3/c1-2-9-5-3-4-6-10(9)12-14-8-7-11(13)15-12/h3-8H,2H2,1H3,(H2,13,14,15). The number of hydrogen-bond acceptors (Lipinski definition) is 3. The molecule has 0 fully saturated rings. The van der Waals surface area contributed by atoms with Crippen molar-refractivity contribution in [3.8, 4) is 11.4 Å². The van der Waals surface area contributed by atoms with Crippen molar-refractivity contribution >= 4 is 5.82 Å². The number of hydrogen-bond donors (Lipinski definition) is 1. The second kappa shape index (κ2) is 4.09. The van der Waals surface area contributed by atoms with Crippen molar-refractivity contribution in [3.63, 3.8) is 0 Å². The summed E-state index contributed by atoms with van der Waals surface area (Å²) in [5, 5.41) is 0. The van der Waals surface area contributed by atoms with Crippen molar-refractivity contribution in [1.29, 1.82) is 0 Å². The van der Waals surface area contributed by atoms with Crippen LogP contribution in [0.3, 0.4) is 0 Å². The number of nitrogen functional groups attached to an aromatic ring is 1. The lowest BCUT2D eigenvalue weighted by Gasteiger charge is -2.05. The van der Waals surface area contributed by atoms with Gasteiger partial charge in [-0.05, 0) is 18.1 Å². The maximum absolute atomic E-state index is 5.64. The second-order valence-electron chi connectivity index (χ2n) is 3.32. The fourth-order valence-electron chi connectivity index (χ4n) is 1.55. The van der Waals surface area contributed by atoms with Crippen LogP contribution < -0.4 is 5.73 Å². The highest BCUT2D eigenvalue weighted by atomic mass is 14.9. The van der Waals surface area contributed by atoms with Gasteiger partial charge in [0.25, 0.3) is 0 Å². The van der Waals surface area contributed by atoms with E-state index in [9.17, 15) is 0 Å². The summed E-state index contributed by atoms with van der Waals surface area (Å²) in [6.45, 7) is 2.12. The highest BCUT2D eigenvalue weighted by Gasteiger charge is 2.05. The van der Waals surface area contributed by atoms with Crippen molar-refractivity contribution < 1.29 is 0 Å². The maximum atomic E-state index is 5.64. The third-order valence-corrected chi connectivity index (χ3v) is 2.32. The molecule has 0 saturated carbocycles. The molecule has 15 heavy (non-hydrogen) atoms. The summed E-state index contributed by atoms with van der Waals surface area (Å²) < 4.78 is 0. The van der Waals surface area contributed by atoms with E-state index in [1.165, 1.54) is 5.56 Å². The fraction of sp³-hybridized carbons (Fsp3) is 0.167. The van der Waals surface area contributed by atoms with E-state index in [-0.39, 0.29) is 0 Å². The van der Waals surface area contributed by atoms with Crippen molar-refractivity contribution in [3.05, 3.63) is 42.1 Å². The van der Waals surface area contributed by atoms with Gasteiger partial charge < -0.3 is 5.73 Å². The van der Waals surface area contributed by atoms with Crippen LogP contribution in [0.5, 0.6) is 0 Å². The van der Waals surface area contributed by atoms with Gasteiger partial charge in [-0.2, -0.15) is 0 Å². The number of anilines is 1. The number of aromatic nitrogens is 2. The van der Waals surface area contributed by atoms with Gasteiger partial charge in [0, 0.05) is 11.8 Å². The fourth-order valence-corrected chi connectivity index (χ4v) is 1.55. The zero-order chi connectivity index (χ0) is 10.7. The van der Waals surface area contributed by atoms with Crippen LogP contribution >= 0.6 is 0 Å². The van der Waals surface area contributed by atoms with Gasteiger partial charge in [0.05, 0.1) is 0 Å². The van der Waals surface area contributed by atoms with E-state index < -0.39 is 0 Å². The molecule has 2 N–H and O–H groups in total. The minimum atomic E-state index is 0.505. The lowest BCUT2D eigenvalue weighted by Crippen LogP contribution is -1.96. The summed E-state index contributed by atoms with van der Waals surface area (Å²) in [7, 11) is 0. The minimum absolute atomic E-state index is 0.505. The van der Waals surface area contributed by atoms with Crippen molar-refractivity contribution in [1.82, 2.24) is 9.97 Å². The van der Waals surface area contributed by atoms with E-state index >= 15 is 0 Å². The van der Waals surface area contributed by atoms with E-state index in [1.54, 1.807) is 12.3 Å². The summed E-state index contributed by atoms with van der Waals surface area (Å²) in [4.78, 5) is 8.45. The average molecular weight is 199 g/mol. The zero-order valence-electron chi connectivity index (χ0n) is 8.64. The predicted molar refractivity (Wildman–Crippen MR) is 61.3 cm³/mol. The average Bonchev–Trinajstić information content (AvgIpc) is 2.29. The quantitative estimate of drug-likeness (QED) is 0.807. The third kappa shape index (κ3) is 1.96. The van der Waals surface area contributed by atoms with Crippen LogP contribution in [0.1, 0.15) is 12.5 Å². The van der Waals surface area contributed by atoms with Gasteiger partial charge in [-0.25, -0.2) is 9.97 Å². The summed E-state index contributed by atoms with van der Waals surface area (Å²) in [6.07, 6.45) is 2.65. The van der Waals surface area contributed by atoms with Gasteiger partial charge in [0.15, 0.2) is 5.82 Å². The molecule has 2 aromatic rings. The van der Waals surface area contributed by atoms with Gasteiger partial charge >= 0.3 is 0 Å². The molecule has 0 atom stereocenters. The Morgan fingerprint density at radius 2 is 2.00 bits per heavy atom. The Hall–Kier alpha value is -1.90. The van der Waals surface area contributed by atoms with Gasteiger partial charge in [0.2, 0.25) is 0 Å². The lowest BCUT2D eigenvalue weighted by molar-refractivity contribution is 1.11. The van der Waals surface area contributed by atoms with E-state index in [4.69, 9.17) is 5.73 Å². The Balaban J connectivity index is 2.53. The molecule has 0 aliphatic rings. The second-order valence-corrected chi connectivity index (χ2v) is 3.32. The van der Waals surface area contributed by atoms with Crippen LogP contribution in [0.4, 0.5) is 5.82 Å². The molecule has 0 spiro atoms. The van der Waals surface area contributed by atoms with Crippen LogP contribution in [-0.4, -0.2) is 9.97 Å². The Morgan fingerprint density at radius 1 is 1.20 bits per heavy atom.